The Hall–Kier alpha value is -2.58. The van der Waals surface area contributed by atoms with Crippen molar-refractivity contribution in [3.63, 3.8) is 0 Å². The number of alkyl halides is 6. The van der Waals surface area contributed by atoms with Crippen molar-refractivity contribution in [2.24, 2.45) is 11.8 Å². The molecular formula is C20H22F6O8. The maximum Gasteiger partial charge on any atom is 0.444 e. The third-order valence-electron chi connectivity index (χ3n) is 5.27. The fraction of sp³-hybridized carbons (Fsp3) is 0.600. The van der Waals surface area contributed by atoms with E-state index in [9.17, 15) is 46.1 Å². The Kier molecular flexibility index (Phi) is 7.80. The van der Waals surface area contributed by atoms with Crippen molar-refractivity contribution in [1.82, 2.24) is 0 Å². The smallest absolute Gasteiger partial charge is 0.444 e. The maximum absolute atomic E-state index is 14.0. The summed E-state index contributed by atoms with van der Waals surface area (Å²) in [5.74, 6) is -21.7. The molecule has 1 aliphatic heterocycles. The van der Waals surface area contributed by atoms with E-state index in [-0.39, 0.29) is 5.75 Å². The van der Waals surface area contributed by atoms with E-state index in [0.29, 0.717) is 0 Å². The molecule has 1 aromatic rings. The van der Waals surface area contributed by atoms with Crippen molar-refractivity contribution in [1.29, 1.82) is 0 Å². The topological polar surface area (TPSA) is 112 Å². The number of aliphatic hydroxyl groups is 2. The van der Waals surface area contributed by atoms with Gasteiger partial charge in [0.2, 0.25) is 0 Å². The lowest BCUT2D eigenvalue weighted by atomic mass is 9.67. The Morgan fingerprint density at radius 1 is 0.882 bits per heavy atom. The summed E-state index contributed by atoms with van der Waals surface area (Å²) in [6, 6.07) is 4.21. The molecule has 0 aliphatic carbocycles. The zero-order chi connectivity index (χ0) is 26.1. The highest BCUT2D eigenvalue weighted by molar-refractivity contribution is 5.81. The van der Waals surface area contributed by atoms with E-state index in [2.05, 4.69) is 14.2 Å². The van der Waals surface area contributed by atoms with Gasteiger partial charge in [0.15, 0.2) is 0 Å². The number of carbonyl (C=O) groups is 2. The Bertz CT molecular complexity index is 839. The van der Waals surface area contributed by atoms with Gasteiger partial charge in [-0.15, -0.1) is 0 Å². The van der Waals surface area contributed by atoms with Gasteiger partial charge in [-0.3, -0.25) is 9.59 Å². The van der Waals surface area contributed by atoms with Crippen molar-refractivity contribution in [3.05, 3.63) is 29.8 Å². The zero-order valence-corrected chi connectivity index (χ0v) is 18.1. The van der Waals surface area contributed by atoms with Crippen LogP contribution in [0.2, 0.25) is 0 Å². The minimum atomic E-state index is -6.05. The predicted molar refractivity (Wildman–Crippen MR) is 99.1 cm³/mol. The van der Waals surface area contributed by atoms with Gasteiger partial charge >= 0.3 is 24.3 Å². The molecule has 34 heavy (non-hydrogen) atoms. The first-order chi connectivity index (χ1) is 15.6. The van der Waals surface area contributed by atoms with E-state index < -0.39 is 72.4 Å². The largest absolute Gasteiger partial charge is 0.497 e. The molecule has 0 spiro atoms. The van der Waals surface area contributed by atoms with Gasteiger partial charge in [0.1, 0.15) is 17.6 Å². The van der Waals surface area contributed by atoms with Crippen LogP contribution in [0, 0.1) is 11.8 Å². The summed E-state index contributed by atoms with van der Waals surface area (Å²) < 4.78 is 102. The van der Waals surface area contributed by atoms with Gasteiger partial charge in [0, 0.05) is 5.92 Å². The summed E-state index contributed by atoms with van der Waals surface area (Å²) in [7, 11) is 1.23. The second kappa shape index (κ2) is 9.58. The van der Waals surface area contributed by atoms with Crippen molar-refractivity contribution < 1.29 is 65.1 Å². The maximum atomic E-state index is 14.0. The van der Waals surface area contributed by atoms with Gasteiger partial charge in [-0.1, -0.05) is 12.1 Å². The van der Waals surface area contributed by atoms with Crippen LogP contribution in [0.25, 0.3) is 0 Å². The average Bonchev–Trinajstić information content (AvgIpc) is 2.72. The number of esters is 2. The fourth-order valence-corrected chi connectivity index (χ4v) is 3.80. The second-order valence-electron chi connectivity index (χ2n) is 7.25. The monoisotopic (exact) mass is 504 g/mol. The number of benzene rings is 1. The molecule has 0 saturated carbocycles. The predicted octanol–water partition coefficient (Wildman–Crippen LogP) is 2.67. The minimum absolute atomic E-state index is 0.133. The zero-order valence-electron chi connectivity index (χ0n) is 18.1. The van der Waals surface area contributed by atoms with E-state index in [0.717, 1.165) is 24.3 Å². The Balaban J connectivity index is 2.95. The van der Waals surface area contributed by atoms with Gasteiger partial charge in [0.05, 0.1) is 20.3 Å². The van der Waals surface area contributed by atoms with Crippen LogP contribution >= 0.6 is 0 Å². The van der Waals surface area contributed by atoms with Gasteiger partial charge in [-0.2, -0.15) is 26.3 Å². The lowest BCUT2D eigenvalue weighted by Gasteiger charge is -2.53. The number of halogens is 6. The second-order valence-corrected chi connectivity index (χ2v) is 7.25. The van der Waals surface area contributed by atoms with Crippen LogP contribution < -0.4 is 4.74 Å². The van der Waals surface area contributed by atoms with Gasteiger partial charge in [-0.25, -0.2) is 0 Å². The van der Waals surface area contributed by atoms with Gasteiger partial charge in [-0.05, 0) is 31.5 Å². The van der Waals surface area contributed by atoms with Gasteiger partial charge < -0.3 is 29.2 Å². The molecule has 192 valence electrons. The lowest BCUT2D eigenvalue weighted by molar-refractivity contribution is -0.507. The summed E-state index contributed by atoms with van der Waals surface area (Å²) in [5, 5.41) is 20.9. The summed E-state index contributed by atoms with van der Waals surface area (Å²) in [4.78, 5) is 25.3. The summed E-state index contributed by atoms with van der Waals surface area (Å²) in [5.41, 5.74) is -0.467. The number of carbonyl (C=O) groups excluding carboxylic acids is 2. The molecule has 1 saturated heterocycles. The molecule has 1 aromatic carbocycles. The summed E-state index contributed by atoms with van der Waals surface area (Å²) >= 11 is 0. The molecule has 2 rings (SSSR count). The summed E-state index contributed by atoms with van der Waals surface area (Å²) in [6.07, 6.45) is -12.1. The fourth-order valence-electron chi connectivity index (χ4n) is 3.80. The lowest BCUT2D eigenvalue weighted by Crippen LogP contribution is -2.73. The molecule has 1 heterocycles. The molecule has 0 bridgehead atoms. The van der Waals surface area contributed by atoms with Crippen molar-refractivity contribution in [3.8, 4) is 5.75 Å². The van der Waals surface area contributed by atoms with Crippen LogP contribution in [0.1, 0.15) is 25.3 Å². The molecule has 1 fully saturated rings. The normalized spacial score (nSPS) is 29.9. The van der Waals surface area contributed by atoms with Gasteiger partial charge in [0.25, 0.3) is 11.6 Å². The van der Waals surface area contributed by atoms with E-state index in [4.69, 9.17) is 4.74 Å². The molecule has 14 heteroatoms. The van der Waals surface area contributed by atoms with Crippen molar-refractivity contribution in [2.75, 3.05) is 20.3 Å². The first-order valence-corrected chi connectivity index (χ1v) is 9.84. The van der Waals surface area contributed by atoms with E-state index in [1.54, 1.807) is 0 Å². The molecular weight excluding hydrogens is 482 g/mol. The van der Waals surface area contributed by atoms with E-state index in [1.807, 2.05) is 0 Å². The third kappa shape index (κ3) is 4.66. The first-order valence-electron chi connectivity index (χ1n) is 9.84. The highest BCUT2D eigenvalue weighted by atomic mass is 19.4. The number of hydrogen-bond donors (Lipinski definition) is 2. The highest BCUT2D eigenvalue weighted by Gasteiger charge is 2.80. The molecule has 0 radical (unpaired) electrons. The van der Waals surface area contributed by atoms with Crippen LogP contribution in [0.4, 0.5) is 26.3 Å². The highest BCUT2D eigenvalue weighted by Crippen LogP contribution is 2.59. The average molecular weight is 504 g/mol. The Morgan fingerprint density at radius 2 is 1.26 bits per heavy atom. The number of rotatable bonds is 6. The summed E-state index contributed by atoms with van der Waals surface area (Å²) in [6.45, 7) is 1.36. The molecule has 0 amide bonds. The first kappa shape index (κ1) is 27.7. The third-order valence-corrected chi connectivity index (χ3v) is 5.27. The van der Waals surface area contributed by atoms with Crippen LogP contribution in [-0.4, -0.2) is 66.4 Å². The quantitative estimate of drug-likeness (QED) is 0.450. The standard InChI is InChI=1S/C20H22F6O8/c1-4-32-15(27)13-12(10-6-8-11(31-3)9-7-10)14(16(28)33-5-2)18(30,20(24,25)26)34-17(13,29)19(21,22)23/h6-9,12-14,29-30H,4-5H2,1-3H3. The van der Waals surface area contributed by atoms with Crippen LogP contribution in [0.5, 0.6) is 5.75 Å². The van der Waals surface area contributed by atoms with E-state index in [1.165, 1.54) is 21.0 Å². The van der Waals surface area contributed by atoms with Crippen molar-refractivity contribution >= 4 is 11.9 Å². The minimum Gasteiger partial charge on any atom is -0.497 e. The van der Waals surface area contributed by atoms with Crippen molar-refractivity contribution in [2.45, 2.75) is 43.7 Å². The van der Waals surface area contributed by atoms with Crippen LogP contribution in [0.15, 0.2) is 24.3 Å². The number of ether oxygens (including phenoxy) is 4. The molecule has 4 unspecified atom stereocenters. The number of methoxy groups -OCH3 is 1. The molecule has 8 nitrogen and oxygen atoms in total. The Labute approximate surface area is 189 Å². The SMILES string of the molecule is CCOC(=O)C1C(c2ccc(OC)cc2)C(C(=O)OCC)C(O)(C(F)(F)F)OC1(O)C(F)(F)F. The van der Waals surface area contributed by atoms with Crippen LogP contribution in [0.3, 0.4) is 0 Å². The van der Waals surface area contributed by atoms with Crippen LogP contribution in [-0.2, 0) is 23.8 Å². The molecule has 2 N–H and O–H groups in total. The molecule has 1 aliphatic rings. The Morgan fingerprint density at radius 3 is 1.56 bits per heavy atom. The molecule has 0 aromatic heterocycles. The molecule has 4 atom stereocenters. The number of hydrogen-bond acceptors (Lipinski definition) is 8. The van der Waals surface area contributed by atoms with E-state index >= 15 is 0 Å².